The predicted molar refractivity (Wildman–Crippen MR) is 88.1 cm³/mol. The molecule has 0 radical (unpaired) electrons. The smallest absolute Gasteiger partial charge is 0.0702 e. The normalized spacial score (nSPS) is 21.0. The summed E-state index contributed by atoms with van der Waals surface area (Å²) in [6.07, 6.45) is 0.983. The minimum atomic E-state index is 0.171. The Kier molecular flexibility index (Phi) is 6.45. The first-order valence-corrected chi connectivity index (χ1v) is 8.84. The van der Waals surface area contributed by atoms with Crippen molar-refractivity contribution in [2.75, 3.05) is 39.3 Å². The first-order chi connectivity index (χ1) is 9.65. The zero-order chi connectivity index (χ0) is 14.5. The number of thiophene rings is 1. The summed E-state index contributed by atoms with van der Waals surface area (Å²) in [4.78, 5) is 6.16. The standard InChI is InChI=1S/C14H24BrN3OS/c1-2-11(16)14(12-3-4-13(15)20-12)18-7-5-17(6-8-18)9-10-19/h3-4,11,14,19H,2,5-10,16H2,1H3. The van der Waals surface area contributed by atoms with Crippen LogP contribution in [0.1, 0.15) is 24.3 Å². The fourth-order valence-corrected chi connectivity index (χ4v) is 4.41. The van der Waals surface area contributed by atoms with Crippen LogP contribution in [0.2, 0.25) is 0 Å². The van der Waals surface area contributed by atoms with Gasteiger partial charge in [0.2, 0.25) is 0 Å². The van der Waals surface area contributed by atoms with Gasteiger partial charge in [0.15, 0.2) is 0 Å². The van der Waals surface area contributed by atoms with E-state index in [0.717, 1.165) is 39.1 Å². The molecule has 2 heterocycles. The minimum absolute atomic E-state index is 0.171. The van der Waals surface area contributed by atoms with Gasteiger partial charge in [-0.05, 0) is 34.5 Å². The van der Waals surface area contributed by atoms with E-state index in [1.165, 1.54) is 8.66 Å². The Morgan fingerprint density at radius 1 is 1.35 bits per heavy atom. The summed E-state index contributed by atoms with van der Waals surface area (Å²) < 4.78 is 1.17. The molecule has 0 saturated carbocycles. The molecule has 0 spiro atoms. The number of β-amino-alcohol motifs (C(OH)–C–C–N with tert-alkyl or cyclic N) is 1. The minimum Gasteiger partial charge on any atom is -0.395 e. The molecule has 0 aliphatic carbocycles. The van der Waals surface area contributed by atoms with Crippen LogP contribution in [0.25, 0.3) is 0 Å². The van der Waals surface area contributed by atoms with Gasteiger partial charge in [-0.3, -0.25) is 9.80 Å². The molecule has 1 saturated heterocycles. The number of nitrogens with two attached hydrogens (primary N) is 1. The van der Waals surface area contributed by atoms with Gasteiger partial charge in [-0.15, -0.1) is 11.3 Å². The maximum Gasteiger partial charge on any atom is 0.0702 e. The van der Waals surface area contributed by atoms with Crippen molar-refractivity contribution in [3.05, 3.63) is 20.8 Å². The third kappa shape index (κ3) is 4.02. The number of aliphatic hydroxyl groups excluding tert-OH is 1. The van der Waals surface area contributed by atoms with E-state index in [0.29, 0.717) is 6.04 Å². The lowest BCUT2D eigenvalue weighted by atomic mass is 10.0. The molecule has 1 aromatic heterocycles. The lowest BCUT2D eigenvalue weighted by molar-refractivity contribution is 0.0746. The van der Waals surface area contributed by atoms with Crippen molar-refractivity contribution in [1.29, 1.82) is 0 Å². The molecule has 0 bridgehead atoms. The summed E-state index contributed by atoms with van der Waals surface area (Å²) in [5, 5.41) is 9.02. The van der Waals surface area contributed by atoms with Crippen molar-refractivity contribution in [2.45, 2.75) is 25.4 Å². The number of rotatable bonds is 6. The third-order valence-electron chi connectivity index (χ3n) is 3.98. The van der Waals surface area contributed by atoms with Gasteiger partial charge in [0.05, 0.1) is 16.4 Å². The molecule has 114 valence electrons. The SMILES string of the molecule is CCC(N)C(c1ccc(Br)s1)N1CCN(CCO)CC1. The molecule has 2 rings (SSSR count). The van der Waals surface area contributed by atoms with Crippen LogP contribution in [-0.2, 0) is 0 Å². The second-order valence-electron chi connectivity index (χ2n) is 5.26. The number of hydrogen-bond donors (Lipinski definition) is 2. The highest BCUT2D eigenvalue weighted by molar-refractivity contribution is 9.11. The van der Waals surface area contributed by atoms with E-state index in [1.54, 1.807) is 11.3 Å². The Labute approximate surface area is 133 Å². The lowest BCUT2D eigenvalue weighted by Crippen LogP contribution is -2.51. The number of halogens is 1. The molecule has 20 heavy (non-hydrogen) atoms. The first kappa shape index (κ1) is 16.4. The highest BCUT2D eigenvalue weighted by Crippen LogP contribution is 2.33. The molecule has 4 nitrogen and oxygen atoms in total. The Morgan fingerprint density at radius 2 is 2.05 bits per heavy atom. The summed E-state index contributed by atoms with van der Waals surface area (Å²) >= 11 is 5.33. The van der Waals surface area contributed by atoms with Crippen molar-refractivity contribution in [3.8, 4) is 0 Å². The van der Waals surface area contributed by atoms with Gasteiger partial charge in [-0.2, -0.15) is 0 Å². The van der Waals surface area contributed by atoms with Crippen LogP contribution < -0.4 is 5.73 Å². The molecule has 2 unspecified atom stereocenters. The lowest BCUT2D eigenvalue weighted by Gasteiger charge is -2.40. The molecule has 3 N–H and O–H groups in total. The quantitative estimate of drug-likeness (QED) is 0.812. The van der Waals surface area contributed by atoms with Crippen molar-refractivity contribution >= 4 is 27.3 Å². The summed E-state index contributed by atoms with van der Waals surface area (Å²) in [5.41, 5.74) is 6.38. The Balaban J connectivity index is 2.05. The molecule has 2 atom stereocenters. The highest BCUT2D eigenvalue weighted by atomic mass is 79.9. The van der Waals surface area contributed by atoms with Gasteiger partial charge in [0.25, 0.3) is 0 Å². The van der Waals surface area contributed by atoms with Crippen molar-refractivity contribution in [3.63, 3.8) is 0 Å². The number of hydrogen-bond acceptors (Lipinski definition) is 5. The summed E-state index contributed by atoms with van der Waals surface area (Å²) in [7, 11) is 0. The molecular formula is C14H24BrN3OS. The van der Waals surface area contributed by atoms with Gasteiger partial charge in [-0.1, -0.05) is 6.92 Å². The zero-order valence-corrected chi connectivity index (χ0v) is 14.4. The number of nitrogens with zero attached hydrogens (tertiary/aromatic N) is 2. The second kappa shape index (κ2) is 7.87. The summed E-state index contributed by atoms with van der Waals surface area (Å²) in [6.45, 7) is 7.25. The van der Waals surface area contributed by atoms with Crippen LogP contribution in [0, 0.1) is 0 Å². The fraction of sp³-hybridized carbons (Fsp3) is 0.714. The Bertz CT molecular complexity index is 407. The van der Waals surface area contributed by atoms with Gasteiger partial charge in [-0.25, -0.2) is 0 Å². The molecular weight excluding hydrogens is 338 g/mol. The molecule has 1 aliphatic heterocycles. The van der Waals surface area contributed by atoms with E-state index in [2.05, 4.69) is 44.8 Å². The average molecular weight is 362 g/mol. The van der Waals surface area contributed by atoms with E-state index in [1.807, 2.05) is 0 Å². The largest absolute Gasteiger partial charge is 0.395 e. The molecule has 6 heteroatoms. The fourth-order valence-electron chi connectivity index (χ4n) is 2.78. The molecule has 1 aromatic rings. The summed E-state index contributed by atoms with van der Waals surface area (Å²) in [6, 6.07) is 4.78. The van der Waals surface area contributed by atoms with Crippen LogP contribution in [-0.4, -0.2) is 60.3 Å². The van der Waals surface area contributed by atoms with E-state index in [-0.39, 0.29) is 12.6 Å². The van der Waals surface area contributed by atoms with E-state index in [9.17, 15) is 0 Å². The van der Waals surface area contributed by atoms with Crippen LogP contribution in [0.4, 0.5) is 0 Å². The van der Waals surface area contributed by atoms with E-state index in [4.69, 9.17) is 10.8 Å². The maximum absolute atomic E-state index is 9.02. The first-order valence-electron chi connectivity index (χ1n) is 7.23. The second-order valence-corrected chi connectivity index (χ2v) is 7.75. The Morgan fingerprint density at radius 3 is 2.55 bits per heavy atom. The number of aliphatic hydroxyl groups is 1. The summed E-state index contributed by atoms with van der Waals surface area (Å²) in [5.74, 6) is 0. The van der Waals surface area contributed by atoms with Gasteiger partial charge >= 0.3 is 0 Å². The van der Waals surface area contributed by atoms with Gasteiger partial charge in [0, 0.05) is 43.6 Å². The van der Waals surface area contributed by atoms with Crippen LogP contribution in [0.3, 0.4) is 0 Å². The molecule has 0 amide bonds. The van der Waals surface area contributed by atoms with Crippen molar-refractivity contribution in [1.82, 2.24) is 9.80 Å². The maximum atomic E-state index is 9.02. The van der Waals surface area contributed by atoms with Crippen LogP contribution in [0.5, 0.6) is 0 Å². The monoisotopic (exact) mass is 361 g/mol. The number of piperazine rings is 1. The van der Waals surface area contributed by atoms with Crippen LogP contribution in [0.15, 0.2) is 15.9 Å². The van der Waals surface area contributed by atoms with E-state index < -0.39 is 0 Å². The van der Waals surface area contributed by atoms with Crippen molar-refractivity contribution in [2.24, 2.45) is 5.73 Å². The highest BCUT2D eigenvalue weighted by Gasteiger charge is 2.29. The topological polar surface area (TPSA) is 52.7 Å². The predicted octanol–water partition coefficient (Wildman–Crippen LogP) is 1.90. The van der Waals surface area contributed by atoms with E-state index >= 15 is 0 Å². The van der Waals surface area contributed by atoms with Gasteiger partial charge < -0.3 is 10.8 Å². The zero-order valence-electron chi connectivity index (χ0n) is 12.0. The molecule has 1 aliphatic rings. The molecule has 1 fully saturated rings. The van der Waals surface area contributed by atoms with Gasteiger partial charge in [0.1, 0.15) is 0 Å². The Hall–Kier alpha value is 0.0200. The molecule has 0 aromatic carbocycles. The van der Waals surface area contributed by atoms with Crippen molar-refractivity contribution < 1.29 is 5.11 Å². The third-order valence-corrected chi connectivity index (χ3v) is 5.67. The van der Waals surface area contributed by atoms with Crippen LogP contribution >= 0.6 is 27.3 Å². The average Bonchev–Trinajstić information content (AvgIpc) is 2.87.